The molecule has 0 saturated heterocycles. The molecule has 0 fully saturated rings. The Labute approximate surface area is 143 Å². The minimum Gasteiger partial charge on any atom is -0.456 e. The van der Waals surface area contributed by atoms with Crippen molar-refractivity contribution in [3.05, 3.63) is 46.5 Å². The largest absolute Gasteiger partial charge is 0.456 e. The second-order valence-electron chi connectivity index (χ2n) is 5.07. The number of carbonyl (C=O) groups excluding carboxylic acids is 3. The number of alkyl carbamates (subject to hydrolysis) is 1. The standard InChI is InChI=1S/C16H16ClNO6/c1-4-22-15(21)18-14-12(23-9(2)19)13(20)16(3,24-14)10-5-7-11(17)8-6-10/h5-8H,4H2,1-3H3,(H,18,21). The molecule has 1 N–H and O–H groups in total. The topological polar surface area (TPSA) is 90.9 Å². The summed E-state index contributed by atoms with van der Waals surface area (Å²) in [5.74, 6) is -1.98. The molecule has 1 aromatic rings. The molecule has 1 unspecified atom stereocenters. The lowest BCUT2D eigenvalue weighted by atomic mass is 9.92. The average Bonchev–Trinajstić information content (AvgIpc) is 2.73. The molecule has 0 radical (unpaired) electrons. The Bertz CT molecular complexity index is 712. The van der Waals surface area contributed by atoms with Crippen LogP contribution in [-0.4, -0.2) is 24.5 Å². The highest BCUT2D eigenvalue weighted by Gasteiger charge is 2.50. The summed E-state index contributed by atoms with van der Waals surface area (Å²) in [7, 11) is 0. The van der Waals surface area contributed by atoms with Crippen molar-refractivity contribution >= 4 is 29.4 Å². The molecule has 24 heavy (non-hydrogen) atoms. The SMILES string of the molecule is CCOC(=O)NC1=C(OC(C)=O)C(=O)C(C)(c2ccc(Cl)cc2)O1. The van der Waals surface area contributed by atoms with E-state index >= 15 is 0 Å². The molecule has 2 rings (SSSR count). The van der Waals surface area contributed by atoms with E-state index in [0.717, 1.165) is 6.92 Å². The number of benzene rings is 1. The summed E-state index contributed by atoms with van der Waals surface area (Å²) < 4.78 is 15.3. The molecule has 1 aliphatic heterocycles. The van der Waals surface area contributed by atoms with Gasteiger partial charge in [-0.1, -0.05) is 23.7 Å². The molecule has 7 nitrogen and oxygen atoms in total. The summed E-state index contributed by atoms with van der Waals surface area (Å²) in [6.45, 7) is 4.39. The van der Waals surface area contributed by atoms with Crippen molar-refractivity contribution < 1.29 is 28.6 Å². The molecule has 1 atom stereocenters. The lowest BCUT2D eigenvalue weighted by molar-refractivity contribution is -0.142. The highest BCUT2D eigenvalue weighted by atomic mass is 35.5. The molecule has 1 amide bonds. The summed E-state index contributed by atoms with van der Waals surface area (Å²) in [5, 5.41) is 2.77. The molecular weight excluding hydrogens is 338 g/mol. The zero-order valence-electron chi connectivity index (χ0n) is 13.3. The van der Waals surface area contributed by atoms with Crippen LogP contribution in [0.1, 0.15) is 26.3 Å². The number of nitrogens with one attached hydrogen (secondary N) is 1. The van der Waals surface area contributed by atoms with E-state index in [4.69, 9.17) is 25.8 Å². The molecule has 1 aromatic carbocycles. The van der Waals surface area contributed by atoms with E-state index in [2.05, 4.69) is 5.32 Å². The van der Waals surface area contributed by atoms with Crippen LogP contribution in [0.2, 0.25) is 5.02 Å². The molecule has 0 aliphatic carbocycles. The summed E-state index contributed by atoms with van der Waals surface area (Å²) in [6, 6.07) is 6.42. The molecule has 0 spiro atoms. The van der Waals surface area contributed by atoms with Crippen molar-refractivity contribution in [1.29, 1.82) is 0 Å². The predicted octanol–water partition coefficient (Wildman–Crippen LogP) is 2.63. The number of esters is 1. The van der Waals surface area contributed by atoms with E-state index < -0.39 is 23.4 Å². The van der Waals surface area contributed by atoms with Gasteiger partial charge in [-0.3, -0.25) is 14.9 Å². The Morgan fingerprint density at radius 1 is 1.29 bits per heavy atom. The average molecular weight is 354 g/mol. The van der Waals surface area contributed by atoms with E-state index in [-0.39, 0.29) is 18.2 Å². The fraction of sp³-hybridized carbons (Fsp3) is 0.312. The molecule has 128 valence electrons. The fourth-order valence-electron chi connectivity index (χ4n) is 2.15. The van der Waals surface area contributed by atoms with Gasteiger partial charge in [0.1, 0.15) is 0 Å². The number of amides is 1. The zero-order chi connectivity index (χ0) is 17.9. The van der Waals surface area contributed by atoms with Crippen LogP contribution in [0, 0.1) is 0 Å². The smallest absolute Gasteiger partial charge is 0.414 e. The van der Waals surface area contributed by atoms with Crippen molar-refractivity contribution in [2.45, 2.75) is 26.4 Å². The van der Waals surface area contributed by atoms with Crippen molar-refractivity contribution in [1.82, 2.24) is 5.32 Å². The highest BCUT2D eigenvalue weighted by Crippen LogP contribution is 2.38. The normalized spacial score (nSPS) is 19.8. The summed E-state index contributed by atoms with van der Waals surface area (Å²) in [6.07, 6.45) is -0.828. The number of hydrogen-bond acceptors (Lipinski definition) is 6. The van der Waals surface area contributed by atoms with Crippen molar-refractivity contribution in [3.63, 3.8) is 0 Å². The Hall–Kier alpha value is -2.54. The van der Waals surface area contributed by atoms with Gasteiger partial charge in [-0.15, -0.1) is 0 Å². The van der Waals surface area contributed by atoms with Gasteiger partial charge in [-0.05, 0) is 26.0 Å². The van der Waals surface area contributed by atoms with Crippen LogP contribution in [0.5, 0.6) is 0 Å². The van der Waals surface area contributed by atoms with Gasteiger partial charge in [0.25, 0.3) is 5.78 Å². The molecule has 0 aromatic heterocycles. The van der Waals surface area contributed by atoms with Crippen LogP contribution in [0.15, 0.2) is 35.9 Å². The van der Waals surface area contributed by atoms with Crippen LogP contribution >= 0.6 is 11.6 Å². The van der Waals surface area contributed by atoms with Gasteiger partial charge < -0.3 is 14.2 Å². The van der Waals surface area contributed by atoms with E-state index in [0.29, 0.717) is 10.6 Å². The summed E-state index contributed by atoms with van der Waals surface area (Å²) in [5.41, 5.74) is -0.980. The van der Waals surface area contributed by atoms with Gasteiger partial charge in [-0.25, -0.2) is 4.79 Å². The van der Waals surface area contributed by atoms with Gasteiger partial charge in [0.05, 0.1) is 6.61 Å². The number of hydrogen-bond donors (Lipinski definition) is 1. The maximum absolute atomic E-state index is 12.7. The molecule has 0 bridgehead atoms. The van der Waals surface area contributed by atoms with Gasteiger partial charge >= 0.3 is 12.1 Å². The third-order valence-corrected chi connectivity index (χ3v) is 3.54. The number of ketones is 1. The first-order valence-corrected chi connectivity index (χ1v) is 7.52. The molecule has 8 heteroatoms. The number of halogens is 1. The minimum atomic E-state index is -1.47. The van der Waals surface area contributed by atoms with E-state index in [1.54, 1.807) is 31.2 Å². The van der Waals surface area contributed by atoms with E-state index in [9.17, 15) is 14.4 Å². The van der Waals surface area contributed by atoms with Gasteiger partial charge in [-0.2, -0.15) is 0 Å². The zero-order valence-corrected chi connectivity index (χ0v) is 14.1. The Kier molecular flexibility index (Phi) is 5.14. The molecular formula is C16H16ClNO6. The molecule has 0 saturated carbocycles. The van der Waals surface area contributed by atoms with Crippen LogP contribution in [0.3, 0.4) is 0 Å². The molecule has 1 heterocycles. The van der Waals surface area contributed by atoms with Gasteiger partial charge in [0.15, 0.2) is 5.60 Å². The van der Waals surface area contributed by atoms with Crippen LogP contribution < -0.4 is 5.32 Å². The number of carbonyl (C=O) groups is 3. The van der Waals surface area contributed by atoms with Crippen LogP contribution in [-0.2, 0) is 29.4 Å². The maximum atomic E-state index is 12.7. The highest BCUT2D eigenvalue weighted by molar-refractivity contribution is 6.30. The second-order valence-corrected chi connectivity index (χ2v) is 5.51. The molecule has 1 aliphatic rings. The first-order valence-electron chi connectivity index (χ1n) is 7.14. The number of Topliss-reactive ketones (excluding diaryl/α,β-unsaturated/α-hetero) is 1. The van der Waals surface area contributed by atoms with Crippen molar-refractivity contribution in [2.24, 2.45) is 0 Å². The summed E-state index contributed by atoms with van der Waals surface area (Å²) >= 11 is 5.85. The van der Waals surface area contributed by atoms with Crippen molar-refractivity contribution in [3.8, 4) is 0 Å². The number of rotatable bonds is 4. The first-order chi connectivity index (χ1) is 11.3. The fourth-order valence-corrected chi connectivity index (χ4v) is 2.28. The van der Waals surface area contributed by atoms with Crippen LogP contribution in [0.25, 0.3) is 0 Å². The second kappa shape index (κ2) is 6.92. The van der Waals surface area contributed by atoms with Gasteiger partial charge in [0.2, 0.25) is 11.6 Å². The van der Waals surface area contributed by atoms with E-state index in [1.807, 2.05) is 0 Å². The lowest BCUT2D eigenvalue weighted by Crippen LogP contribution is -2.32. The minimum absolute atomic E-state index is 0.129. The Morgan fingerprint density at radius 2 is 1.92 bits per heavy atom. The third-order valence-electron chi connectivity index (χ3n) is 3.28. The van der Waals surface area contributed by atoms with Crippen LogP contribution in [0.4, 0.5) is 4.79 Å². The predicted molar refractivity (Wildman–Crippen MR) is 83.8 cm³/mol. The van der Waals surface area contributed by atoms with Gasteiger partial charge in [0, 0.05) is 17.5 Å². The quantitative estimate of drug-likeness (QED) is 0.837. The Morgan fingerprint density at radius 3 is 2.46 bits per heavy atom. The third kappa shape index (κ3) is 3.51. The first kappa shape index (κ1) is 17.8. The maximum Gasteiger partial charge on any atom is 0.414 e. The summed E-state index contributed by atoms with van der Waals surface area (Å²) in [4.78, 5) is 35.6. The Balaban J connectivity index is 2.37. The number of ether oxygens (including phenoxy) is 3. The van der Waals surface area contributed by atoms with Crippen molar-refractivity contribution in [2.75, 3.05) is 6.61 Å². The van der Waals surface area contributed by atoms with E-state index in [1.165, 1.54) is 6.92 Å². The lowest BCUT2D eigenvalue weighted by Gasteiger charge is -2.23. The monoisotopic (exact) mass is 353 g/mol.